The van der Waals surface area contributed by atoms with Crippen LogP contribution in [0.3, 0.4) is 0 Å². The van der Waals surface area contributed by atoms with Crippen molar-refractivity contribution in [1.82, 2.24) is 19.2 Å². The molecule has 28 heavy (non-hydrogen) atoms. The number of rotatable bonds is 4. The van der Waals surface area contributed by atoms with Crippen molar-refractivity contribution in [2.45, 2.75) is 38.6 Å². The summed E-state index contributed by atoms with van der Waals surface area (Å²) in [5, 5.41) is 3.91. The van der Waals surface area contributed by atoms with Crippen LogP contribution in [-0.4, -0.2) is 44.1 Å². The Morgan fingerprint density at radius 2 is 1.96 bits per heavy atom. The molecule has 2 aromatic rings. The normalized spacial score (nSPS) is 21.7. The van der Waals surface area contributed by atoms with E-state index in [2.05, 4.69) is 5.10 Å². The topological polar surface area (TPSA) is 86.4 Å². The Bertz CT molecular complexity index is 956. The zero-order chi connectivity index (χ0) is 19.8. The highest BCUT2D eigenvalue weighted by molar-refractivity contribution is 5.99. The molecule has 1 aromatic carbocycles. The van der Waals surface area contributed by atoms with E-state index in [1.807, 2.05) is 30.3 Å². The first-order chi connectivity index (χ1) is 13.4. The lowest BCUT2D eigenvalue weighted by Gasteiger charge is -2.27. The first-order valence-electron chi connectivity index (χ1n) is 8.93. The number of nitrogens with zero attached hydrogens (tertiary/aromatic N) is 4. The van der Waals surface area contributed by atoms with Crippen LogP contribution in [0.4, 0.5) is 8.78 Å². The van der Waals surface area contributed by atoms with Gasteiger partial charge in [0.15, 0.2) is 5.82 Å². The van der Waals surface area contributed by atoms with Crippen LogP contribution in [0, 0.1) is 5.92 Å². The summed E-state index contributed by atoms with van der Waals surface area (Å²) in [5.41, 5.74) is 0.205. The predicted molar refractivity (Wildman–Crippen MR) is 91.3 cm³/mol. The minimum absolute atomic E-state index is 0.00983. The summed E-state index contributed by atoms with van der Waals surface area (Å²) in [7, 11) is 0. The molecule has 0 saturated carbocycles. The van der Waals surface area contributed by atoms with E-state index in [-0.39, 0.29) is 31.9 Å². The third-order valence-electron chi connectivity index (χ3n) is 5.01. The number of benzene rings is 1. The Kier molecular flexibility index (Phi) is 4.70. The van der Waals surface area contributed by atoms with Crippen LogP contribution >= 0.6 is 0 Å². The molecule has 0 aliphatic carbocycles. The Balaban J connectivity index is 1.48. The van der Waals surface area contributed by atoms with Gasteiger partial charge in [-0.05, 0) is 5.56 Å². The lowest BCUT2D eigenvalue weighted by Crippen LogP contribution is -2.44. The standard InChI is InChI=1S/C18H18F2N4O4/c19-14(20)9-24-18(27)23-7-6-22(10-15(23)21-24)16(25)12-8-13(28-17(12)26)11-4-2-1-3-5-11/h1-5,12-14H,6-10H2. The number of aromatic nitrogens is 3. The largest absolute Gasteiger partial charge is 0.457 e. The minimum atomic E-state index is -2.70. The first kappa shape index (κ1) is 18.3. The fourth-order valence-electron chi connectivity index (χ4n) is 3.61. The van der Waals surface area contributed by atoms with E-state index < -0.39 is 42.6 Å². The molecular formula is C18H18F2N4O4. The lowest BCUT2D eigenvalue weighted by molar-refractivity contribution is -0.151. The molecule has 1 saturated heterocycles. The number of cyclic esters (lactones) is 1. The number of ether oxygens (including phenoxy) is 1. The third-order valence-corrected chi connectivity index (χ3v) is 5.01. The summed E-state index contributed by atoms with van der Waals surface area (Å²) < 4.78 is 32.5. The highest BCUT2D eigenvalue weighted by Gasteiger charge is 2.43. The molecule has 0 N–H and O–H groups in total. The van der Waals surface area contributed by atoms with Crippen molar-refractivity contribution < 1.29 is 23.1 Å². The van der Waals surface area contributed by atoms with Gasteiger partial charge in [-0.3, -0.25) is 14.2 Å². The van der Waals surface area contributed by atoms with E-state index in [4.69, 9.17) is 4.74 Å². The van der Waals surface area contributed by atoms with E-state index in [1.165, 1.54) is 9.47 Å². The number of carbonyl (C=O) groups is 2. The molecule has 0 radical (unpaired) electrons. The number of esters is 1. The van der Waals surface area contributed by atoms with Gasteiger partial charge < -0.3 is 9.64 Å². The Labute approximate surface area is 158 Å². The smallest absolute Gasteiger partial charge is 0.346 e. The van der Waals surface area contributed by atoms with Gasteiger partial charge in [-0.1, -0.05) is 30.3 Å². The average molecular weight is 392 g/mol. The van der Waals surface area contributed by atoms with Crippen LogP contribution in [0.1, 0.15) is 23.9 Å². The molecule has 8 nitrogen and oxygen atoms in total. The Morgan fingerprint density at radius 3 is 2.68 bits per heavy atom. The maximum atomic E-state index is 12.9. The second-order valence-electron chi connectivity index (χ2n) is 6.81. The van der Waals surface area contributed by atoms with E-state index in [0.29, 0.717) is 4.68 Å². The van der Waals surface area contributed by atoms with Crippen molar-refractivity contribution in [3.8, 4) is 0 Å². The number of carbonyl (C=O) groups excluding carboxylic acids is 2. The van der Waals surface area contributed by atoms with E-state index in [1.54, 1.807) is 0 Å². The summed E-state index contributed by atoms with van der Waals surface area (Å²) in [6.07, 6.45) is -2.93. The third kappa shape index (κ3) is 3.30. The molecule has 2 aliphatic rings. The van der Waals surface area contributed by atoms with Gasteiger partial charge in [-0.2, -0.15) is 5.10 Å². The van der Waals surface area contributed by atoms with E-state index in [0.717, 1.165) is 5.56 Å². The first-order valence-corrected chi connectivity index (χ1v) is 8.93. The van der Waals surface area contributed by atoms with E-state index >= 15 is 0 Å². The summed E-state index contributed by atoms with van der Waals surface area (Å²) in [5.74, 6) is -1.67. The SMILES string of the molecule is O=C1OC(c2ccccc2)CC1C(=O)N1CCn2c(nn(CC(F)F)c2=O)C1. The van der Waals surface area contributed by atoms with Gasteiger partial charge in [-0.25, -0.2) is 18.3 Å². The summed E-state index contributed by atoms with van der Waals surface area (Å²) in [4.78, 5) is 38.6. The van der Waals surface area contributed by atoms with Gasteiger partial charge in [0.1, 0.15) is 18.6 Å². The molecule has 3 heterocycles. The predicted octanol–water partition coefficient (Wildman–Crippen LogP) is 0.956. The molecule has 1 fully saturated rings. The molecule has 2 unspecified atom stereocenters. The van der Waals surface area contributed by atoms with Crippen LogP contribution in [0.5, 0.6) is 0 Å². The summed E-state index contributed by atoms with van der Waals surface area (Å²) >= 11 is 0. The fraction of sp³-hybridized carbons (Fsp3) is 0.444. The molecule has 10 heteroatoms. The Morgan fingerprint density at radius 1 is 1.21 bits per heavy atom. The molecular weight excluding hydrogens is 374 g/mol. The average Bonchev–Trinajstić information content (AvgIpc) is 3.21. The maximum Gasteiger partial charge on any atom is 0.346 e. The molecule has 0 spiro atoms. The van der Waals surface area contributed by atoms with Crippen molar-refractivity contribution in [3.05, 3.63) is 52.2 Å². The minimum Gasteiger partial charge on any atom is -0.457 e. The molecule has 4 rings (SSSR count). The van der Waals surface area contributed by atoms with Crippen LogP contribution < -0.4 is 5.69 Å². The van der Waals surface area contributed by atoms with Gasteiger partial charge in [0.2, 0.25) is 5.91 Å². The lowest BCUT2D eigenvalue weighted by atomic mass is 9.99. The van der Waals surface area contributed by atoms with Crippen LogP contribution in [0.2, 0.25) is 0 Å². The van der Waals surface area contributed by atoms with Gasteiger partial charge >= 0.3 is 11.7 Å². The fourth-order valence-corrected chi connectivity index (χ4v) is 3.61. The number of halogens is 2. The van der Waals surface area contributed by atoms with Gasteiger partial charge in [0, 0.05) is 19.5 Å². The molecule has 1 aromatic heterocycles. The number of alkyl halides is 2. The monoisotopic (exact) mass is 392 g/mol. The van der Waals surface area contributed by atoms with Gasteiger partial charge in [-0.15, -0.1) is 0 Å². The highest BCUT2D eigenvalue weighted by atomic mass is 19.3. The highest BCUT2D eigenvalue weighted by Crippen LogP contribution is 2.34. The molecule has 0 bridgehead atoms. The molecule has 148 valence electrons. The van der Waals surface area contributed by atoms with Gasteiger partial charge in [0.05, 0.1) is 6.54 Å². The number of amides is 1. The zero-order valence-electron chi connectivity index (χ0n) is 14.8. The molecule has 1 amide bonds. The van der Waals surface area contributed by atoms with Crippen molar-refractivity contribution in [3.63, 3.8) is 0 Å². The number of fused-ring (bicyclic) bond motifs is 1. The van der Waals surface area contributed by atoms with Crippen molar-refractivity contribution in [2.75, 3.05) is 6.54 Å². The van der Waals surface area contributed by atoms with Crippen LogP contribution in [-0.2, 0) is 34.0 Å². The zero-order valence-corrected chi connectivity index (χ0v) is 14.8. The van der Waals surface area contributed by atoms with Crippen molar-refractivity contribution in [1.29, 1.82) is 0 Å². The van der Waals surface area contributed by atoms with Crippen molar-refractivity contribution in [2.24, 2.45) is 5.92 Å². The second-order valence-corrected chi connectivity index (χ2v) is 6.81. The van der Waals surface area contributed by atoms with E-state index in [9.17, 15) is 23.2 Å². The number of hydrogen-bond acceptors (Lipinski definition) is 5. The summed E-state index contributed by atoms with van der Waals surface area (Å²) in [6.45, 7) is -0.455. The van der Waals surface area contributed by atoms with Crippen LogP contribution in [0.15, 0.2) is 35.1 Å². The van der Waals surface area contributed by atoms with Crippen LogP contribution in [0.25, 0.3) is 0 Å². The second kappa shape index (κ2) is 7.17. The quantitative estimate of drug-likeness (QED) is 0.571. The number of hydrogen-bond donors (Lipinski definition) is 0. The summed E-state index contributed by atoms with van der Waals surface area (Å²) in [6, 6.07) is 9.18. The van der Waals surface area contributed by atoms with Gasteiger partial charge in [0.25, 0.3) is 6.43 Å². The maximum absolute atomic E-state index is 12.9. The van der Waals surface area contributed by atoms with Crippen molar-refractivity contribution >= 4 is 11.9 Å². The molecule has 2 aliphatic heterocycles. The molecule has 2 atom stereocenters. The Hall–Kier alpha value is -3.04.